The molecule has 0 atom stereocenters. The summed E-state index contributed by atoms with van der Waals surface area (Å²) in [5.41, 5.74) is -4.81. The first-order chi connectivity index (χ1) is 13.9. The molecule has 2 aromatic carbocycles. The van der Waals surface area contributed by atoms with E-state index in [1.165, 1.54) is 24.3 Å². The van der Waals surface area contributed by atoms with Crippen molar-refractivity contribution >= 4 is 33.4 Å². The summed E-state index contributed by atoms with van der Waals surface area (Å²) in [7, 11) is -4.22. The maximum atomic E-state index is 14.7. The fraction of sp³-hybridized carbons (Fsp3) is 0.368. The molecule has 2 aromatic rings. The minimum Gasteiger partial charge on any atom is -0.254 e. The minimum absolute atomic E-state index is 0.0336. The topological polar surface area (TPSA) is 46.2 Å². The predicted octanol–water partition coefficient (Wildman–Crippen LogP) is 5.99. The van der Waals surface area contributed by atoms with E-state index in [1.54, 1.807) is 0 Å². The van der Waals surface area contributed by atoms with Crippen LogP contribution in [0.4, 0.5) is 22.0 Å². The molecule has 0 bridgehead atoms. The van der Waals surface area contributed by atoms with Crippen molar-refractivity contribution < 1.29 is 30.4 Å². The SMILES string of the molecule is O=S(=O)(c1ccc(Cl)cc1)C1(c2cc(F)ccc2F)CCC(NSC(F)(F)F)CC1. The van der Waals surface area contributed by atoms with Crippen LogP contribution in [0.25, 0.3) is 0 Å². The standard InChI is InChI=1S/C19H17ClF5NO2S2/c20-12-1-4-15(5-2-12)30(27,28)18(16-11-13(21)3-6-17(16)22)9-7-14(8-10-18)26-29-19(23,24)25/h1-6,11,14,26H,7-10H2. The molecule has 0 aromatic heterocycles. The van der Waals surface area contributed by atoms with Gasteiger partial charge in [-0.05, 0) is 68.1 Å². The third-order valence-corrected chi connectivity index (χ3v) is 8.68. The lowest BCUT2D eigenvalue weighted by Crippen LogP contribution is -2.44. The molecule has 3 rings (SSSR count). The van der Waals surface area contributed by atoms with E-state index in [-0.39, 0.29) is 36.1 Å². The Morgan fingerprint density at radius 2 is 1.63 bits per heavy atom. The second-order valence-corrected chi connectivity index (χ2v) is 10.6. The normalized spacial score (nSPS) is 22.8. The first-order valence-electron chi connectivity index (χ1n) is 8.91. The van der Waals surface area contributed by atoms with Crippen LogP contribution < -0.4 is 4.72 Å². The first kappa shape index (κ1) is 23.3. The van der Waals surface area contributed by atoms with Gasteiger partial charge in [-0.1, -0.05) is 11.6 Å². The van der Waals surface area contributed by atoms with Gasteiger partial charge in [-0.2, -0.15) is 13.2 Å². The maximum Gasteiger partial charge on any atom is 0.456 e. The van der Waals surface area contributed by atoms with Crippen LogP contribution in [0.3, 0.4) is 0 Å². The third kappa shape index (κ3) is 4.76. The van der Waals surface area contributed by atoms with Crippen LogP contribution in [0.1, 0.15) is 31.2 Å². The molecule has 0 radical (unpaired) electrons. The highest BCUT2D eigenvalue weighted by Gasteiger charge is 2.50. The van der Waals surface area contributed by atoms with E-state index in [0.29, 0.717) is 5.02 Å². The van der Waals surface area contributed by atoms with E-state index in [9.17, 15) is 30.4 Å². The van der Waals surface area contributed by atoms with Crippen molar-refractivity contribution in [2.75, 3.05) is 0 Å². The Hall–Kier alpha value is -1.36. The fourth-order valence-electron chi connectivity index (χ4n) is 3.72. The second-order valence-electron chi connectivity index (χ2n) is 7.02. The molecule has 0 spiro atoms. The van der Waals surface area contributed by atoms with E-state index < -0.39 is 49.7 Å². The molecule has 30 heavy (non-hydrogen) atoms. The van der Waals surface area contributed by atoms with Crippen molar-refractivity contribution in [3.63, 3.8) is 0 Å². The van der Waals surface area contributed by atoms with E-state index in [0.717, 1.165) is 18.2 Å². The molecule has 11 heteroatoms. The van der Waals surface area contributed by atoms with Gasteiger partial charge in [0, 0.05) is 28.6 Å². The van der Waals surface area contributed by atoms with Crippen molar-refractivity contribution in [1.29, 1.82) is 0 Å². The van der Waals surface area contributed by atoms with Gasteiger partial charge in [-0.15, -0.1) is 0 Å². The molecule has 0 amide bonds. The van der Waals surface area contributed by atoms with E-state index >= 15 is 0 Å². The minimum atomic E-state index is -4.49. The summed E-state index contributed by atoms with van der Waals surface area (Å²) in [6.07, 6.45) is -0.277. The van der Waals surface area contributed by atoms with Crippen molar-refractivity contribution in [3.8, 4) is 0 Å². The highest BCUT2D eigenvalue weighted by Crippen LogP contribution is 2.48. The van der Waals surface area contributed by atoms with Crippen LogP contribution in [-0.2, 0) is 14.6 Å². The zero-order chi connectivity index (χ0) is 22.2. The van der Waals surface area contributed by atoms with Crippen molar-refractivity contribution in [2.24, 2.45) is 0 Å². The number of alkyl halides is 3. The molecule has 0 saturated heterocycles. The van der Waals surface area contributed by atoms with Gasteiger partial charge in [0.25, 0.3) is 0 Å². The zero-order valence-corrected chi connectivity index (χ0v) is 17.7. The molecule has 0 heterocycles. The number of nitrogens with one attached hydrogen (secondary N) is 1. The summed E-state index contributed by atoms with van der Waals surface area (Å²) in [4.78, 5) is -0.119. The first-order valence-corrected chi connectivity index (χ1v) is 11.6. The molecule has 1 fully saturated rings. The fourth-order valence-corrected chi connectivity index (χ4v) is 6.55. The number of hydrogen-bond acceptors (Lipinski definition) is 4. The van der Waals surface area contributed by atoms with E-state index in [4.69, 9.17) is 11.6 Å². The van der Waals surface area contributed by atoms with E-state index in [1.807, 2.05) is 0 Å². The Bertz CT molecular complexity index is 1000. The van der Waals surface area contributed by atoms with Crippen molar-refractivity contribution in [1.82, 2.24) is 4.72 Å². The second kappa shape index (κ2) is 8.64. The Kier molecular flexibility index (Phi) is 6.71. The van der Waals surface area contributed by atoms with Crippen LogP contribution in [0.5, 0.6) is 0 Å². The Balaban J connectivity index is 2.01. The summed E-state index contributed by atoms with van der Waals surface area (Å²) in [6.45, 7) is 0. The molecule has 0 aliphatic heterocycles. The molecule has 1 saturated carbocycles. The third-order valence-electron chi connectivity index (χ3n) is 5.19. The Morgan fingerprint density at radius 1 is 1.03 bits per heavy atom. The maximum absolute atomic E-state index is 14.7. The van der Waals surface area contributed by atoms with Crippen LogP contribution in [-0.4, -0.2) is 20.0 Å². The number of hydrogen-bond donors (Lipinski definition) is 1. The Morgan fingerprint density at radius 3 is 2.20 bits per heavy atom. The van der Waals surface area contributed by atoms with Gasteiger partial charge in [0.1, 0.15) is 16.4 Å². The molecule has 1 N–H and O–H groups in total. The number of benzene rings is 2. The largest absolute Gasteiger partial charge is 0.456 e. The molecular formula is C19H17ClF5NO2S2. The smallest absolute Gasteiger partial charge is 0.254 e. The highest BCUT2D eigenvalue weighted by molar-refractivity contribution is 7.98. The van der Waals surface area contributed by atoms with Gasteiger partial charge in [0.15, 0.2) is 9.84 Å². The molecular weight excluding hydrogens is 469 g/mol. The molecule has 1 aliphatic rings. The quantitative estimate of drug-likeness (QED) is 0.417. The molecule has 3 nitrogen and oxygen atoms in total. The number of halogens is 6. The molecule has 1 aliphatic carbocycles. The summed E-state index contributed by atoms with van der Waals surface area (Å²) in [5, 5.41) is 0.303. The van der Waals surface area contributed by atoms with Gasteiger partial charge < -0.3 is 0 Å². The van der Waals surface area contributed by atoms with Crippen LogP contribution in [0.2, 0.25) is 5.02 Å². The summed E-state index contributed by atoms with van der Waals surface area (Å²) in [5.74, 6) is -1.69. The van der Waals surface area contributed by atoms with E-state index in [2.05, 4.69) is 4.72 Å². The number of sulfone groups is 1. The predicted molar refractivity (Wildman–Crippen MR) is 106 cm³/mol. The average molecular weight is 486 g/mol. The van der Waals surface area contributed by atoms with Gasteiger partial charge in [-0.3, -0.25) is 4.72 Å². The van der Waals surface area contributed by atoms with Crippen LogP contribution in [0, 0.1) is 11.6 Å². The summed E-state index contributed by atoms with van der Waals surface area (Å²) >= 11 is 5.43. The van der Waals surface area contributed by atoms with Gasteiger partial charge in [0.2, 0.25) is 0 Å². The highest BCUT2D eigenvalue weighted by atomic mass is 35.5. The lowest BCUT2D eigenvalue weighted by Gasteiger charge is -2.40. The van der Waals surface area contributed by atoms with Crippen LogP contribution in [0.15, 0.2) is 47.4 Å². The number of rotatable bonds is 5. The summed E-state index contributed by atoms with van der Waals surface area (Å²) < 4.78 is 93.6. The van der Waals surface area contributed by atoms with Crippen LogP contribution >= 0.6 is 23.5 Å². The van der Waals surface area contributed by atoms with Crippen molar-refractivity contribution in [2.45, 2.75) is 46.9 Å². The zero-order valence-electron chi connectivity index (χ0n) is 15.3. The average Bonchev–Trinajstić information content (AvgIpc) is 2.68. The monoisotopic (exact) mass is 485 g/mol. The molecule has 164 valence electrons. The van der Waals surface area contributed by atoms with Gasteiger partial charge in [-0.25, -0.2) is 17.2 Å². The van der Waals surface area contributed by atoms with Gasteiger partial charge in [0.05, 0.1) is 4.90 Å². The van der Waals surface area contributed by atoms with Gasteiger partial charge >= 0.3 is 5.51 Å². The lowest BCUT2D eigenvalue weighted by molar-refractivity contribution is -0.0339. The molecule has 0 unspecified atom stereocenters. The lowest BCUT2D eigenvalue weighted by atomic mass is 9.80. The Labute approximate surface area is 180 Å². The van der Waals surface area contributed by atoms with Crippen molar-refractivity contribution in [3.05, 3.63) is 64.7 Å². The summed E-state index contributed by atoms with van der Waals surface area (Å²) in [6, 6.07) is 7.26.